The Labute approximate surface area is 207 Å². The normalized spacial score (nSPS) is 13.9. The molecule has 10 nitrogen and oxygen atoms in total. The summed E-state index contributed by atoms with van der Waals surface area (Å²) in [5, 5.41) is 16.1. The van der Waals surface area contributed by atoms with Crippen molar-refractivity contribution in [2.45, 2.75) is 13.8 Å². The average molecular weight is 482 g/mol. The van der Waals surface area contributed by atoms with Gasteiger partial charge in [0, 0.05) is 61.7 Å². The van der Waals surface area contributed by atoms with Crippen LogP contribution in [-0.4, -0.2) is 62.1 Å². The summed E-state index contributed by atoms with van der Waals surface area (Å²) < 4.78 is 0. The van der Waals surface area contributed by atoms with Gasteiger partial charge in [0.1, 0.15) is 11.5 Å². The van der Waals surface area contributed by atoms with Gasteiger partial charge in [-0.25, -0.2) is 0 Å². The molecule has 0 atom stereocenters. The van der Waals surface area contributed by atoms with E-state index in [1.807, 2.05) is 54.4 Å². The number of rotatable bonds is 5. The van der Waals surface area contributed by atoms with Crippen molar-refractivity contribution in [3.8, 4) is 0 Å². The third-order valence-corrected chi connectivity index (χ3v) is 6.65. The monoisotopic (exact) mass is 481 g/mol. The quantitative estimate of drug-likeness (QED) is 0.296. The number of aromatic nitrogens is 5. The van der Waals surface area contributed by atoms with Gasteiger partial charge in [-0.15, -0.1) is 0 Å². The van der Waals surface area contributed by atoms with Crippen molar-refractivity contribution in [1.82, 2.24) is 30.0 Å². The molecule has 3 aromatic heterocycles. The molecule has 4 N–H and O–H groups in total. The number of aromatic amines is 2. The van der Waals surface area contributed by atoms with Crippen LogP contribution in [0.25, 0.3) is 21.9 Å². The lowest BCUT2D eigenvalue weighted by atomic mass is 10.2. The van der Waals surface area contributed by atoms with E-state index in [-0.39, 0.29) is 5.91 Å². The van der Waals surface area contributed by atoms with Crippen LogP contribution >= 0.6 is 0 Å². The third-order valence-electron chi connectivity index (χ3n) is 6.65. The summed E-state index contributed by atoms with van der Waals surface area (Å²) in [6.45, 7) is 6.78. The van der Waals surface area contributed by atoms with Crippen LogP contribution in [0.3, 0.4) is 0 Å². The minimum Gasteiger partial charge on any atom is -0.368 e. The zero-order valence-electron chi connectivity index (χ0n) is 20.2. The Balaban J connectivity index is 1.21. The Morgan fingerprint density at radius 3 is 2.47 bits per heavy atom. The number of hydrogen-bond acceptors (Lipinski definition) is 7. The van der Waals surface area contributed by atoms with E-state index in [1.54, 1.807) is 6.92 Å². The van der Waals surface area contributed by atoms with Crippen molar-refractivity contribution in [3.63, 3.8) is 0 Å². The van der Waals surface area contributed by atoms with E-state index >= 15 is 0 Å². The van der Waals surface area contributed by atoms with Gasteiger partial charge in [-0.3, -0.25) is 9.89 Å². The van der Waals surface area contributed by atoms with Gasteiger partial charge in [0.25, 0.3) is 0 Å². The summed E-state index contributed by atoms with van der Waals surface area (Å²) >= 11 is 0. The first-order valence-electron chi connectivity index (χ1n) is 12.0. The molecule has 1 aliphatic heterocycles. The molecule has 0 bridgehead atoms. The number of H-pyrrole nitrogens is 2. The molecular formula is C26H27N9O. The number of anilines is 5. The Morgan fingerprint density at radius 2 is 1.69 bits per heavy atom. The fourth-order valence-electron chi connectivity index (χ4n) is 4.63. The molecule has 1 saturated heterocycles. The van der Waals surface area contributed by atoms with Crippen LogP contribution in [0.5, 0.6) is 0 Å². The summed E-state index contributed by atoms with van der Waals surface area (Å²) in [5.41, 5.74) is 5.63. The predicted molar refractivity (Wildman–Crippen MR) is 142 cm³/mol. The van der Waals surface area contributed by atoms with E-state index < -0.39 is 0 Å². The van der Waals surface area contributed by atoms with Crippen molar-refractivity contribution < 1.29 is 4.79 Å². The molecule has 0 radical (unpaired) electrons. The number of benzene rings is 2. The van der Waals surface area contributed by atoms with Gasteiger partial charge in [-0.1, -0.05) is 0 Å². The van der Waals surface area contributed by atoms with E-state index in [2.05, 4.69) is 47.8 Å². The van der Waals surface area contributed by atoms with E-state index in [0.29, 0.717) is 11.8 Å². The first-order chi connectivity index (χ1) is 17.5. The number of amides is 1. The standard InChI is InChI=1S/C26H27N9O/c1-16-21-8-5-19(15-23(21)33-32-16)28-25-22-9-10-27-24(22)30-26(31-25)29-18-3-6-20(7-4-18)35-13-11-34(12-14-35)17(2)36/h3-10,15H,11-14H2,1-2H3,(H,32,33)(H3,27,28,29,30,31). The Bertz CT molecular complexity index is 1550. The van der Waals surface area contributed by atoms with Gasteiger partial charge < -0.3 is 25.4 Å². The molecule has 6 rings (SSSR count). The van der Waals surface area contributed by atoms with Crippen molar-refractivity contribution in [1.29, 1.82) is 0 Å². The molecule has 182 valence electrons. The molecular weight excluding hydrogens is 454 g/mol. The van der Waals surface area contributed by atoms with E-state index in [9.17, 15) is 4.79 Å². The molecule has 1 amide bonds. The zero-order valence-corrected chi connectivity index (χ0v) is 20.2. The number of carbonyl (C=O) groups is 1. The van der Waals surface area contributed by atoms with E-state index in [4.69, 9.17) is 4.98 Å². The molecule has 5 aromatic rings. The van der Waals surface area contributed by atoms with E-state index in [1.165, 1.54) is 0 Å². The smallest absolute Gasteiger partial charge is 0.231 e. The molecule has 1 fully saturated rings. The first-order valence-corrected chi connectivity index (χ1v) is 12.0. The lowest BCUT2D eigenvalue weighted by Gasteiger charge is -2.35. The SMILES string of the molecule is CC(=O)N1CCN(c2ccc(Nc3nc(Nc4ccc5c(C)n[nH]c5c4)c4cc[nH]c4n3)cc2)CC1. The van der Waals surface area contributed by atoms with Gasteiger partial charge in [0.2, 0.25) is 11.9 Å². The summed E-state index contributed by atoms with van der Waals surface area (Å²) in [7, 11) is 0. The van der Waals surface area contributed by atoms with Crippen molar-refractivity contribution >= 4 is 56.7 Å². The number of piperazine rings is 1. The molecule has 0 spiro atoms. The highest BCUT2D eigenvalue weighted by atomic mass is 16.2. The summed E-state index contributed by atoms with van der Waals surface area (Å²) in [5.74, 6) is 1.34. The Morgan fingerprint density at radius 1 is 0.917 bits per heavy atom. The molecule has 0 aliphatic carbocycles. The third kappa shape index (κ3) is 4.17. The zero-order chi connectivity index (χ0) is 24.6. The minimum absolute atomic E-state index is 0.138. The average Bonchev–Trinajstić information content (AvgIpc) is 3.51. The second-order valence-electron chi connectivity index (χ2n) is 9.00. The fourth-order valence-corrected chi connectivity index (χ4v) is 4.63. The van der Waals surface area contributed by atoms with Crippen LogP contribution in [0, 0.1) is 6.92 Å². The van der Waals surface area contributed by atoms with Crippen LogP contribution in [0.1, 0.15) is 12.6 Å². The highest BCUT2D eigenvalue weighted by Crippen LogP contribution is 2.28. The molecule has 1 aliphatic rings. The summed E-state index contributed by atoms with van der Waals surface area (Å²) in [4.78, 5) is 28.4. The van der Waals surface area contributed by atoms with Crippen LogP contribution in [0.15, 0.2) is 54.7 Å². The van der Waals surface area contributed by atoms with Gasteiger partial charge >= 0.3 is 0 Å². The largest absolute Gasteiger partial charge is 0.368 e. The molecule has 2 aromatic carbocycles. The number of nitrogens with zero attached hydrogens (tertiary/aromatic N) is 5. The van der Waals surface area contributed by atoms with Gasteiger partial charge in [-0.2, -0.15) is 15.1 Å². The molecule has 36 heavy (non-hydrogen) atoms. The number of carbonyl (C=O) groups excluding carboxylic acids is 1. The molecule has 0 saturated carbocycles. The number of hydrogen-bond donors (Lipinski definition) is 4. The lowest BCUT2D eigenvalue weighted by molar-refractivity contribution is -0.129. The number of fused-ring (bicyclic) bond motifs is 2. The second-order valence-corrected chi connectivity index (χ2v) is 9.00. The van der Waals surface area contributed by atoms with Crippen molar-refractivity contribution in [3.05, 3.63) is 60.4 Å². The van der Waals surface area contributed by atoms with Crippen LogP contribution in [-0.2, 0) is 4.79 Å². The predicted octanol–water partition coefficient (Wildman–Crippen LogP) is 4.30. The Hall–Kier alpha value is -4.60. The first kappa shape index (κ1) is 21.9. The van der Waals surface area contributed by atoms with Gasteiger partial charge in [-0.05, 0) is 55.5 Å². The maximum absolute atomic E-state index is 11.6. The summed E-state index contributed by atoms with van der Waals surface area (Å²) in [6.07, 6.45) is 1.86. The van der Waals surface area contributed by atoms with Crippen molar-refractivity contribution in [2.24, 2.45) is 0 Å². The molecule has 0 unspecified atom stereocenters. The van der Waals surface area contributed by atoms with E-state index in [0.717, 1.165) is 70.9 Å². The van der Waals surface area contributed by atoms with Crippen molar-refractivity contribution in [2.75, 3.05) is 41.7 Å². The van der Waals surface area contributed by atoms with Gasteiger partial charge in [0.15, 0.2) is 0 Å². The number of nitrogens with one attached hydrogen (secondary N) is 4. The van der Waals surface area contributed by atoms with Gasteiger partial charge in [0.05, 0.1) is 16.6 Å². The van der Waals surface area contributed by atoms with Crippen LogP contribution in [0.2, 0.25) is 0 Å². The Kier molecular flexibility index (Phi) is 5.40. The number of aryl methyl sites for hydroxylation is 1. The topological polar surface area (TPSA) is 118 Å². The van der Waals surface area contributed by atoms with Crippen LogP contribution < -0.4 is 15.5 Å². The summed E-state index contributed by atoms with van der Waals surface area (Å²) in [6, 6.07) is 16.3. The highest BCUT2D eigenvalue weighted by Gasteiger charge is 2.19. The highest BCUT2D eigenvalue weighted by molar-refractivity contribution is 5.92. The minimum atomic E-state index is 0.138. The second kappa shape index (κ2) is 8.88. The maximum Gasteiger partial charge on any atom is 0.231 e. The fraction of sp³-hybridized carbons (Fsp3) is 0.231. The van der Waals surface area contributed by atoms with Crippen LogP contribution in [0.4, 0.5) is 28.8 Å². The molecule has 4 heterocycles. The molecule has 10 heteroatoms. The lowest BCUT2D eigenvalue weighted by Crippen LogP contribution is -2.48. The maximum atomic E-state index is 11.6.